The predicted molar refractivity (Wildman–Crippen MR) is 126 cm³/mol. The normalized spacial score (nSPS) is 10.7. The SMILES string of the molecule is CCN(CC)c1ccc(-c2nnc(SCC(=O)NCc3ccc(OC)cc3)n2C)cc1. The number of ether oxygens (including phenoxy) is 1. The molecule has 0 spiro atoms. The van der Waals surface area contributed by atoms with Gasteiger partial charge in [-0.05, 0) is 55.8 Å². The Morgan fingerprint density at radius 1 is 1.06 bits per heavy atom. The van der Waals surface area contributed by atoms with Crippen molar-refractivity contribution in [3.05, 3.63) is 54.1 Å². The zero-order valence-corrected chi connectivity index (χ0v) is 19.3. The fraction of sp³-hybridized carbons (Fsp3) is 0.348. The van der Waals surface area contributed by atoms with Gasteiger partial charge in [-0.15, -0.1) is 10.2 Å². The van der Waals surface area contributed by atoms with Crippen molar-refractivity contribution in [1.82, 2.24) is 20.1 Å². The number of methoxy groups -OCH3 is 1. The molecule has 0 bridgehead atoms. The number of rotatable bonds is 10. The van der Waals surface area contributed by atoms with Crippen LogP contribution in [0.2, 0.25) is 0 Å². The number of aromatic nitrogens is 3. The first kappa shape index (κ1) is 22.7. The van der Waals surface area contributed by atoms with Crippen molar-refractivity contribution in [1.29, 1.82) is 0 Å². The Balaban J connectivity index is 1.55. The van der Waals surface area contributed by atoms with Crippen molar-refractivity contribution >= 4 is 23.4 Å². The van der Waals surface area contributed by atoms with E-state index in [0.29, 0.717) is 11.7 Å². The number of anilines is 1. The van der Waals surface area contributed by atoms with E-state index >= 15 is 0 Å². The minimum Gasteiger partial charge on any atom is -0.497 e. The van der Waals surface area contributed by atoms with Crippen LogP contribution in [0.15, 0.2) is 53.7 Å². The zero-order valence-electron chi connectivity index (χ0n) is 18.5. The van der Waals surface area contributed by atoms with Crippen LogP contribution in [-0.2, 0) is 18.4 Å². The number of benzene rings is 2. The van der Waals surface area contributed by atoms with Crippen LogP contribution in [0.1, 0.15) is 19.4 Å². The molecule has 0 saturated carbocycles. The van der Waals surface area contributed by atoms with Crippen molar-refractivity contribution in [2.45, 2.75) is 25.5 Å². The quantitative estimate of drug-likeness (QED) is 0.485. The fourth-order valence-electron chi connectivity index (χ4n) is 3.23. The molecule has 3 aromatic rings. The molecule has 0 radical (unpaired) electrons. The standard InChI is InChI=1S/C23H29N5O2S/c1-5-28(6-2)19-11-9-18(10-12-19)22-25-26-23(27(22)3)31-16-21(29)24-15-17-7-13-20(30-4)14-8-17/h7-14H,5-6,15-16H2,1-4H3,(H,24,29). The molecule has 1 aromatic heterocycles. The van der Waals surface area contributed by atoms with Gasteiger partial charge < -0.3 is 19.5 Å². The predicted octanol–water partition coefficient (Wildman–Crippen LogP) is 3.75. The largest absolute Gasteiger partial charge is 0.497 e. The Labute approximate surface area is 187 Å². The maximum absolute atomic E-state index is 12.2. The van der Waals surface area contributed by atoms with E-state index < -0.39 is 0 Å². The van der Waals surface area contributed by atoms with Crippen LogP contribution in [0.5, 0.6) is 5.75 Å². The first-order chi connectivity index (χ1) is 15.0. The molecular weight excluding hydrogens is 410 g/mol. The van der Waals surface area contributed by atoms with E-state index in [4.69, 9.17) is 4.74 Å². The van der Waals surface area contributed by atoms with Crippen molar-refractivity contribution in [2.24, 2.45) is 7.05 Å². The van der Waals surface area contributed by atoms with Crippen LogP contribution >= 0.6 is 11.8 Å². The van der Waals surface area contributed by atoms with Gasteiger partial charge in [-0.3, -0.25) is 4.79 Å². The summed E-state index contributed by atoms with van der Waals surface area (Å²) in [6.45, 7) is 6.72. The van der Waals surface area contributed by atoms with E-state index in [2.05, 4.69) is 58.5 Å². The average molecular weight is 440 g/mol. The van der Waals surface area contributed by atoms with Crippen LogP contribution in [0.4, 0.5) is 5.69 Å². The van der Waals surface area contributed by atoms with Crippen LogP contribution in [-0.4, -0.2) is 46.6 Å². The van der Waals surface area contributed by atoms with Gasteiger partial charge in [0, 0.05) is 37.9 Å². The Morgan fingerprint density at radius 2 is 1.74 bits per heavy atom. The molecule has 0 saturated heterocycles. The van der Waals surface area contributed by atoms with Crippen molar-refractivity contribution < 1.29 is 9.53 Å². The third-order valence-electron chi connectivity index (χ3n) is 5.07. The highest BCUT2D eigenvalue weighted by molar-refractivity contribution is 7.99. The lowest BCUT2D eigenvalue weighted by Gasteiger charge is -2.21. The van der Waals surface area contributed by atoms with Gasteiger partial charge in [0.05, 0.1) is 12.9 Å². The van der Waals surface area contributed by atoms with Crippen molar-refractivity contribution in [2.75, 3.05) is 30.9 Å². The molecule has 0 unspecified atom stereocenters. The minimum absolute atomic E-state index is 0.0473. The summed E-state index contributed by atoms with van der Waals surface area (Å²) < 4.78 is 7.07. The van der Waals surface area contributed by atoms with E-state index in [0.717, 1.165) is 35.8 Å². The fourth-order valence-corrected chi connectivity index (χ4v) is 3.97. The van der Waals surface area contributed by atoms with Gasteiger partial charge in [0.25, 0.3) is 0 Å². The Hall–Kier alpha value is -3.00. The Bertz CT molecular complexity index is 982. The zero-order chi connectivity index (χ0) is 22.2. The van der Waals surface area contributed by atoms with Gasteiger partial charge in [0.1, 0.15) is 5.75 Å². The molecule has 0 fully saturated rings. The minimum atomic E-state index is -0.0473. The van der Waals surface area contributed by atoms with Gasteiger partial charge >= 0.3 is 0 Å². The van der Waals surface area contributed by atoms with Crippen LogP contribution in [0.3, 0.4) is 0 Å². The summed E-state index contributed by atoms with van der Waals surface area (Å²) in [4.78, 5) is 14.5. The van der Waals surface area contributed by atoms with Crippen molar-refractivity contribution in [3.8, 4) is 17.1 Å². The third-order valence-corrected chi connectivity index (χ3v) is 6.09. The van der Waals surface area contributed by atoms with Gasteiger partial charge in [0.15, 0.2) is 11.0 Å². The molecule has 0 aliphatic carbocycles. The van der Waals surface area contributed by atoms with E-state index in [9.17, 15) is 4.79 Å². The molecule has 1 N–H and O–H groups in total. The molecule has 164 valence electrons. The van der Waals surface area contributed by atoms with Gasteiger partial charge in [-0.25, -0.2) is 0 Å². The first-order valence-electron chi connectivity index (χ1n) is 10.3. The summed E-state index contributed by atoms with van der Waals surface area (Å²) in [5.41, 5.74) is 3.22. The van der Waals surface area contributed by atoms with Crippen LogP contribution in [0, 0.1) is 0 Å². The van der Waals surface area contributed by atoms with Crippen LogP contribution < -0.4 is 15.0 Å². The van der Waals surface area contributed by atoms with Crippen molar-refractivity contribution in [3.63, 3.8) is 0 Å². The lowest BCUT2D eigenvalue weighted by molar-refractivity contribution is -0.118. The van der Waals surface area contributed by atoms with Crippen LogP contribution in [0.25, 0.3) is 11.4 Å². The second-order valence-corrected chi connectivity index (χ2v) is 7.94. The number of carbonyl (C=O) groups excluding carboxylic acids is 1. The van der Waals surface area contributed by atoms with Gasteiger partial charge in [0.2, 0.25) is 5.91 Å². The molecular formula is C23H29N5O2S. The number of amides is 1. The molecule has 0 atom stereocenters. The second kappa shape index (κ2) is 10.9. The van der Waals surface area contributed by atoms with Gasteiger partial charge in [-0.1, -0.05) is 23.9 Å². The molecule has 31 heavy (non-hydrogen) atoms. The number of nitrogens with zero attached hydrogens (tertiary/aromatic N) is 4. The summed E-state index contributed by atoms with van der Waals surface area (Å²) in [7, 11) is 3.55. The monoisotopic (exact) mass is 439 g/mol. The summed E-state index contributed by atoms with van der Waals surface area (Å²) in [6, 6.07) is 16.0. The third kappa shape index (κ3) is 5.79. The Morgan fingerprint density at radius 3 is 2.35 bits per heavy atom. The number of nitrogens with one attached hydrogen (secondary N) is 1. The van der Waals surface area contributed by atoms with E-state index in [1.165, 1.54) is 17.4 Å². The molecule has 1 heterocycles. The molecule has 7 nitrogen and oxygen atoms in total. The number of carbonyl (C=O) groups is 1. The molecule has 0 aliphatic rings. The summed E-state index contributed by atoms with van der Waals surface area (Å²) in [6.07, 6.45) is 0. The highest BCUT2D eigenvalue weighted by Gasteiger charge is 2.13. The summed E-state index contributed by atoms with van der Waals surface area (Å²) >= 11 is 1.38. The lowest BCUT2D eigenvalue weighted by atomic mass is 10.2. The molecule has 1 amide bonds. The number of hydrogen-bond acceptors (Lipinski definition) is 6. The maximum Gasteiger partial charge on any atom is 0.230 e. The number of thioether (sulfide) groups is 1. The highest BCUT2D eigenvalue weighted by atomic mass is 32.2. The summed E-state index contributed by atoms with van der Waals surface area (Å²) in [5.74, 6) is 1.82. The Kier molecular flexibility index (Phi) is 7.94. The topological polar surface area (TPSA) is 72.3 Å². The smallest absolute Gasteiger partial charge is 0.230 e. The second-order valence-electron chi connectivity index (χ2n) is 7.00. The highest BCUT2D eigenvalue weighted by Crippen LogP contribution is 2.25. The lowest BCUT2D eigenvalue weighted by Crippen LogP contribution is -2.24. The van der Waals surface area contributed by atoms with E-state index in [-0.39, 0.29) is 11.7 Å². The van der Waals surface area contributed by atoms with Gasteiger partial charge in [-0.2, -0.15) is 0 Å². The molecule has 0 aliphatic heterocycles. The first-order valence-corrected chi connectivity index (χ1v) is 11.3. The molecule has 3 rings (SSSR count). The molecule has 8 heteroatoms. The van der Waals surface area contributed by atoms with E-state index in [1.54, 1.807) is 7.11 Å². The average Bonchev–Trinajstić information content (AvgIpc) is 3.18. The maximum atomic E-state index is 12.2. The summed E-state index contributed by atoms with van der Waals surface area (Å²) in [5, 5.41) is 12.2. The number of hydrogen-bond donors (Lipinski definition) is 1. The van der Waals surface area contributed by atoms with E-state index in [1.807, 2.05) is 35.9 Å². The molecule has 2 aromatic carbocycles.